The minimum atomic E-state index is -1.05. The summed E-state index contributed by atoms with van der Waals surface area (Å²) < 4.78 is 55.1. The molecule has 168 valence electrons. The van der Waals surface area contributed by atoms with Gasteiger partial charge in [-0.1, -0.05) is 45.4 Å². The molecule has 0 unspecified atom stereocenters. The zero-order valence-electron chi connectivity index (χ0n) is 18.4. The van der Waals surface area contributed by atoms with Gasteiger partial charge in [-0.15, -0.1) is 0 Å². The molecule has 2 aromatic rings. The molecule has 2 aliphatic carbocycles. The van der Waals surface area contributed by atoms with Gasteiger partial charge in [0.1, 0.15) is 0 Å². The molecule has 0 aromatic heterocycles. The van der Waals surface area contributed by atoms with Gasteiger partial charge in [0.15, 0.2) is 23.1 Å². The maximum absolute atomic E-state index is 14.8. The largest absolute Gasteiger partial charge is 0.491 e. The van der Waals surface area contributed by atoms with E-state index in [1.54, 1.807) is 13.0 Å². The maximum atomic E-state index is 14.8. The molecule has 0 spiro atoms. The lowest BCUT2D eigenvalue weighted by molar-refractivity contribution is 0.172. The molecule has 31 heavy (non-hydrogen) atoms. The molecule has 5 heteroatoms. The first kappa shape index (κ1) is 22.0. The van der Waals surface area contributed by atoms with E-state index in [9.17, 15) is 13.2 Å². The summed E-state index contributed by atoms with van der Waals surface area (Å²) in [7, 11) is 0. The van der Waals surface area contributed by atoms with Crippen LogP contribution < -0.4 is 9.47 Å². The van der Waals surface area contributed by atoms with E-state index < -0.39 is 17.5 Å². The third kappa shape index (κ3) is 4.28. The van der Waals surface area contributed by atoms with Gasteiger partial charge < -0.3 is 9.47 Å². The van der Waals surface area contributed by atoms with Crippen LogP contribution in [0.15, 0.2) is 18.2 Å². The zero-order chi connectivity index (χ0) is 22.0. The van der Waals surface area contributed by atoms with E-state index in [-0.39, 0.29) is 22.6 Å². The molecule has 0 saturated heterocycles. The van der Waals surface area contributed by atoms with Crippen LogP contribution in [-0.2, 0) is 0 Å². The summed E-state index contributed by atoms with van der Waals surface area (Å²) in [6.07, 6.45) is 9.66. The molecule has 0 amide bonds. The molecule has 0 heterocycles. The van der Waals surface area contributed by atoms with Crippen molar-refractivity contribution in [2.45, 2.75) is 65.2 Å². The Labute approximate surface area is 182 Å². The van der Waals surface area contributed by atoms with Crippen molar-refractivity contribution in [3.8, 4) is 33.8 Å². The minimum absolute atomic E-state index is 0.0218. The lowest BCUT2D eigenvalue weighted by atomic mass is 9.79. The molecule has 0 atom stereocenters. The van der Waals surface area contributed by atoms with E-state index >= 15 is 0 Å². The zero-order valence-corrected chi connectivity index (χ0v) is 18.4. The average molecular weight is 433 g/mol. The van der Waals surface area contributed by atoms with Gasteiger partial charge in [-0.2, -0.15) is 4.39 Å². The molecule has 1 fully saturated rings. The van der Waals surface area contributed by atoms with Crippen molar-refractivity contribution in [3.05, 3.63) is 35.7 Å². The highest BCUT2D eigenvalue weighted by Gasteiger charge is 2.35. The Morgan fingerprint density at radius 2 is 1.48 bits per heavy atom. The number of benzene rings is 2. The highest BCUT2D eigenvalue weighted by Crippen LogP contribution is 2.53. The van der Waals surface area contributed by atoms with Crippen molar-refractivity contribution in [1.29, 1.82) is 0 Å². The molecule has 0 radical (unpaired) electrons. The summed E-state index contributed by atoms with van der Waals surface area (Å²) >= 11 is 0. The third-order valence-corrected chi connectivity index (χ3v) is 6.78. The Morgan fingerprint density at radius 1 is 0.774 bits per heavy atom. The Bertz CT molecular complexity index is 933. The first-order valence-electron chi connectivity index (χ1n) is 11.7. The number of halogens is 3. The van der Waals surface area contributed by atoms with Crippen LogP contribution >= 0.6 is 0 Å². The van der Waals surface area contributed by atoms with Crippen LogP contribution in [0.1, 0.15) is 65.2 Å². The van der Waals surface area contributed by atoms with E-state index in [1.165, 1.54) is 50.7 Å². The molecule has 2 aromatic carbocycles. The van der Waals surface area contributed by atoms with Crippen LogP contribution in [0.2, 0.25) is 0 Å². The normalized spacial score (nSPS) is 19.4. The highest BCUT2D eigenvalue weighted by atomic mass is 19.2. The first-order valence-corrected chi connectivity index (χ1v) is 11.7. The molecule has 2 nitrogen and oxygen atoms in total. The van der Waals surface area contributed by atoms with Crippen molar-refractivity contribution in [2.24, 2.45) is 11.8 Å². The second-order valence-corrected chi connectivity index (χ2v) is 8.85. The summed E-state index contributed by atoms with van der Waals surface area (Å²) in [6.45, 7) is 4.66. The van der Waals surface area contributed by atoms with Crippen LogP contribution in [-0.4, -0.2) is 13.2 Å². The predicted octanol–water partition coefficient (Wildman–Crippen LogP) is 7.92. The highest BCUT2D eigenvalue weighted by molar-refractivity contribution is 6.04. The molecule has 1 saturated carbocycles. The molecule has 4 rings (SSSR count). The second kappa shape index (κ2) is 9.54. The number of unbranched alkanes of at least 4 members (excludes halogenated alkanes) is 2. The van der Waals surface area contributed by atoms with E-state index in [2.05, 4.69) is 6.92 Å². The molecular weight excluding hydrogens is 401 g/mol. The van der Waals surface area contributed by atoms with Gasteiger partial charge in [0.2, 0.25) is 5.82 Å². The van der Waals surface area contributed by atoms with Gasteiger partial charge >= 0.3 is 0 Å². The summed E-state index contributed by atoms with van der Waals surface area (Å²) in [4.78, 5) is 0. The smallest absolute Gasteiger partial charge is 0.201 e. The van der Waals surface area contributed by atoms with Gasteiger partial charge in [-0.3, -0.25) is 0 Å². The number of ether oxygens (including phenoxy) is 2. The van der Waals surface area contributed by atoms with Crippen LogP contribution in [0, 0.1) is 29.3 Å². The van der Waals surface area contributed by atoms with Gasteiger partial charge in [0.05, 0.1) is 13.2 Å². The Kier molecular flexibility index (Phi) is 6.78. The summed E-state index contributed by atoms with van der Waals surface area (Å²) in [5.74, 6) is -1.60. The van der Waals surface area contributed by atoms with Crippen LogP contribution in [0.3, 0.4) is 0 Å². The Morgan fingerprint density at radius 3 is 2.19 bits per heavy atom. The third-order valence-electron chi connectivity index (χ3n) is 6.78. The summed E-state index contributed by atoms with van der Waals surface area (Å²) in [5.41, 5.74) is 1.12. The minimum Gasteiger partial charge on any atom is -0.491 e. The first-order chi connectivity index (χ1) is 15.0. The van der Waals surface area contributed by atoms with E-state index in [0.29, 0.717) is 30.3 Å². The molecule has 0 aliphatic heterocycles. The van der Waals surface area contributed by atoms with Crippen molar-refractivity contribution < 1.29 is 22.6 Å². The van der Waals surface area contributed by atoms with Crippen molar-refractivity contribution in [1.82, 2.24) is 0 Å². The number of hydrogen-bond donors (Lipinski definition) is 0. The topological polar surface area (TPSA) is 18.5 Å². The standard InChI is InChI=1S/C26H31F3O2/c1-3-5-6-7-16-8-10-17(11-9-16)15-31-21-14-19-18-12-13-20(30-4-2)24(27)22(18)23(19)26(29)25(21)28/h12-14,16-17H,3-11,15H2,1-2H3. The fraction of sp³-hybridized carbons (Fsp3) is 0.538. The summed E-state index contributed by atoms with van der Waals surface area (Å²) in [6, 6.07) is 4.72. The number of fused-ring (bicyclic) bond motifs is 4. The molecule has 2 aliphatic rings. The lowest BCUT2D eigenvalue weighted by Gasteiger charge is -2.29. The van der Waals surface area contributed by atoms with Gasteiger partial charge in [-0.05, 0) is 60.9 Å². The summed E-state index contributed by atoms with van der Waals surface area (Å²) in [5, 5.41) is 0. The quantitative estimate of drug-likeness (QED) is 0.320. The van der Waals surface area contributed by atoms with Crippen LogP contribution in [0.25, 0.3) is 22.3 Å². The van der Waals surface area contributed by atoms with E-state index in [0.717, 1.165) is 18.8 Å². The van der Waals surface area contributed by atoms with E-state index in [4.69, 9.17) is 9.47 Å². The fourth-order valence-corrected chi connectivity index (χ4v) is 4.97. The second-order valence-electron chi connectivity index (χ2n) is 8.85. The van der Waals surface area contributed by atoms with Gasteiger partial charge in [-0.25, -0.2) is 8.78 Å². The fourth-order valence-electron chi connectivity index (χ4n) is 4.97. The van der Waals surface area contributed by atoms with Gasteiger partial charge in [0.25, 0.3) is 0 Å². The van der Waals surface area contributed by atoms with Crippen molar-refractivity contribution in [3.63, 3.8) is 0 Å². The monoisotopic (exact) mass is 432 g/mol. The van der Waals surface area contributed by atoms with Crippen LogP contribution in [0.4, 0.5) is 13.2 Å². The van der Waals surface area contributed by atoms with Crippen molar-refractivity contribution in [2.75, 3.05) is 13.2 Å². The number of rotatable bonds is 9. The maximum Gasteiger partial charge on any atom is 0.201 e. The number of hydrogen-bond acceptors (Lipinski definition) is 2. The predicted molar refractivity (Wildman–Crippen MR) is 117 cm³/mol. The average Bonchev–Trinajstić information content (AvgIpc) is 2.76. The van der Waals surface area contributed by atoms with Crippen LogP contribution in [0.5, 0.6) is 11.5 Å². The lowest BCUT2D eigenvalue weighted by Crippen LogP contribution is -2.20. The van der Waals surface area contributed by atoms with E-state index in [1.807, 2.05) is 0 Å². The van der Waals surface area contributed by atoms with Gasteiger partial charge in [0, 0.05) is 11.1 Å². The Hall–Kier alpha value is -2.17. The van der Waals surface area contributed by atoms with Crippen molar-refractivity contribution >= 4 is 0 Å². The molecular formula is C26H31F3O2. The molecule has 0 bridgehead atoms. The SMILES string of the molecule is CCCCCC1CCC(COc2cc3c(c(F)c2F)-c2c-3ccc(OCC)c2F)CC1. The Balaban J connectivity index is 1.41. The molecule has 0 N–H and O–H groups in total.